The Morgan fingerprint density at radius 2 is 1.72 bits per heavy atom. The van der Waals surface area contributed by atoms with E-state index in [4.69, 9.17) is 0 Å². The first kappa shape index (κ1) is 18.6. The van der Waals surface area contributed by atoms with Crippen LogP contribution in [0.5, 0.6) is 0 Å². The molecule has 0 aromatic heterocycles. The average Bonchev–Trinajstić information content (AvgIpc) is 2.92. The molecule has 29 heavy (non-hydrogen) atoms. The summed E-state index contributed by atoms with van der Waals surface area (Å²) in [5, 5.41) is 7.19. The van der Waals surface area contributed by atoms with Gasteiger partial charge >= 0.3 is 6.03 Å². The highest BCUT2D eigenvalue weighted by Crippen LogP contribution is 2.29. The highest BCUT2D eigenvalue weighted by molar-refractivity contribution is 6.11. The Bertz CT molecular complexity index is 1120. The zero-order valence-corrected chi connectivity index (χ0v) is 15.6. The number of rotatable bonds is 4. The lowest BCUT2D eigenvalue weighted by molar-refractivity contribution is -0.133. The summed E-state index contributed by atoms with van der Waals surface area (Å²) in [6.45, 7) is 1.10. The summed E-state index contributed by atoms with van der Waals surface area (Å²) >= 11 is 0. The van der Waals surface area contributed by atoms with Crippen LogP contribution in [-0.4, -0.2) is 29.3 Å². The predicted molar refractivity (Wildman–Crippen MR) is 107 cm³/mol. The Balaban J connectivity index is 1.53. The SMILES string of the molecule is C[C@]1(c2ccc(F)cc2)NC(=O)N(CC(=O)Nc2cccc3ccccc23)C1=O. The fourth-order valence-electron chi connectivity index (χ4n) is 3.49. The Kier molecular flexibility index (Phi) is 4.50. The Hall–Kier alpha value is -3.74. The summed E-state index contributed by atoms with van der Waals surface area (Å²) in [5.74, 6) is -1.50. The summed E-state index contributed by atoms with van der Waals surface area (Å²) < 4.78 is 13.2. The second kappa shape index (κ2) is 7.01. The van der Waals surface area contributed by atoms with Crippen LogP contribution in [0.4, 0.5) is 14.9 Å². The van der Waals surface area contributed by atoms with E-state index in [2.05, 4.69) is 10.6 Å². The summed E-state index contributed by atoms with van der Waals surface area (Å²) in [5.41, 5.74) is -0.319. The van der Waals surface area contributed by atoms with Gasteiger partial charge in [-0.05, 0) is 36.1 Å². The number of carbonyl (C=O) groups excluding carboxylic acids is 3. The quantitative estimate of drug-likeness (QED) is 0.669. The second-order valence-electron chi connectivity index (χ2n) is 7.03. The molecule has 4 amide bonds. The van der Waals surface area contributed by atoms with Crippen molar-refractivity contribution in [3.8, 4) is 0 Å². The fraction of sp³-hybridized carbons (Fsp3) is 0.136. The van der Waals surface area contributed by atoms with Gasteiger partial charge in [-0.3, -0.25) is 14.5 Å². The number of hydrogen-bond acceptors (Lipinski definition) is 3. The van der Waals surface area contributed by atoms with E-state index >= 15 is 0 Å². The third kappa shape index (κ3) is 3.31. The van der Waals surface area contributed by atoms with Crippen LogP contribution in [0.2, 0.25) is 0 Å². The highest BCUT2D eigenvalue weighted by Gasteiger charge is 2.49. The number of anilines is 1. The van der Waals surface area contributed by atoms with Crippen LogP contribution in [0, 0.1) is 5.82 Å². The van der Waals surface area contributed by atoms with E-state index in [1.807, 2.05) is 36.4 Å². The van der Waals surface area contributed by atoms with Crippen molar-refractivity contribution in [3.63, 3.8) is 0 Å². The van der Waals surface area contributed by atoms with Crippen LogP contribution in [0.25, 0.3) is 10.8 Å². The molecule has 146 valence electrons. The Morgan fingerprint density at radius 1 is 1.03 bits per heavy atom. The third-order valence-corrected chi connectivity index (χ3v) is 5.06. The largest absolute Gasteiger partial charge is 0.325 e. The number of imide groups is 1. The van der Waals surface area contributed by atoms with Gasteiger partial charge in [-0.15, -0.1) is 0 Å². The smallest absolute Gasteiger partial charge is 0.324 e. The molecule has 1 heterocycles. The van der Waals surface area contributed by atoms with Gasteiger partial charge in [-0.25, -0.2) is 9.18 Å². The van der Waals surface area contributed by atoms with E-state index in [1.165, 1.54) is 31.2 Å². The van der Waals surface area contributed by atoms with Crippen molar-refractivity contribution in [2.24, 2.45) is 0 Å². The van der Waals surface area contributed by atoms with E-state index in [1.54, 1.807) is 6.07 Å². The van der Waals surface area contributed by atoms with Crippen LogP contribution in [0.3, 0.4) is 0 Å². The van der Waals surface area contributed by atoms with Gasteiger partial charge in [-0.1, -0.05) is 48.5 Å². The molecule has 1 saturated heterocycles. The van der Waals surface area contributed by atoms with Crippen LogP contribution in [0.15, 0.2) is 66.7 Å². The number of halogens is 1. The number of amides is 4. The van der Waals surface area contributed by atoms with E-state index in [0.29, 0.717) is 11.3 Å². The molecule has 0 bridgehead atoms. The van der Waals surface area contributed by atoms with E-state index in [9.17, 15) is 18.8 Å². The van der Waals surface area contributed by atoms with Crippen molar-refractivity contribution in [3.05, 3.63) is 78.1 Å². The molecule has 3 aromatic rings. The molecule has 6 nitrogen and oxygen atoms in total. The highest BCUT2D eigenvalue weighted by atomic mass is 19.1. The number of hydrogen-bond donors (Lipinski definition) is 2. The van der Waals surface area contributed by atoms with Crippen LogP contribution in [0.1, 0.15) is 12.5 Å². The summed E-state index contributed by atoms with van der Waals surface area (Å²) in [4.78, 5) is 38.7. The van der Waals surface area contributed by atoms with Gasteiger partial charge in [0.2, 0.25) is 5.91 Å². The molecule has 2 N–H and O–H groups in total. The van der Waals surface area contributed by atoms with Gasteiger partial charge in [0, 0.05) is 11.1 Å². The van der Waals surface area contributed by atoms with Crippen molar-refractivity contribution in [1.29, 1.82) is 0 Å². The van der Waals surface area contributed by atoms with E-state index < -0.39 is 35.7 Å². The lowest BCUT2D eigenvalue weighted by Crippen LogP contribution is -2.42. The van der Waals surface area contributed by atoms with Gasteiger partial charge in [0.1, 0.15) is 17.9 Å². The third-order valence-electron chi connectivity index (χ3n) is 5.06. The van der Waals surface area contributed by atoms with Crippen molar-refractivity contribution in [2.45, 2.75) is 12.5 Å². The predicted octanol–water partition coefficient (Wildman–Crippen LogP) is 3.38. The lowest BCUT2D eigenvalue weighted by Gasteiger charge is -2.22. The topological polar surface area (TPSA) is 78.5 Å². The zero-order valence-electron chi connectivity index (χ0n) is 15.6. The Morgan fingerprint density at radius 3 is 2.48 bits per heavy atom. The number of nitrogens with one attached hydrogen (secondary N) is 2. The number of nitrogens with zero attached hydrogens (tertiary/aromatic N) is 1. The first-order valence-electron chi connectivity index (χ1n) is 9.06. The minimum absolute atomic E-state index is 0.426. The molecule has 0 spiro atoms. The molecule has 4 rings (SSSR count). The first-order chi connectivity index (χ1) is 13.9. The minimum atomic E-state index is -1.36. The van der Waals surface area contributed by atoms with Gasteiger partial charge in [0.25, 0.3) is 5.91 Å². The van der Waals surface area contributed by atoms with Crippen molar-refractivity contribution in [2.75, 3.05) is 11.9 Å². The fourth-order valence-corrected chi connectivity index (χ4v) is 3.49. The lowest BCUT2D eigenvalue weighted by atomic mass is 9.92. The van der Waals surface area contributed by atoms with Crippen molar-refractivity contribution in [1.82, 2.24) is 10.2 Å². The second-order valence-corrected chi connectivity index (χ2v) is 7.03. The number of carbonyl (C=O) groups is 3. The summed E-state index contributed by atoms with van der Waals surface area (Å²) in [7, 11) is 0. The van der Waals surface area contributed by atoms with Crippen molar-refractivity contribution >= 4 is 34.3 Å². The van der Waals surface area contributed by atoms with Crippen molar-refractivity contribution < 1.29 is 18.8 Å². The zero-order chi connectivity index (χ0) is 20.6. The molecule has 1 aliphatic rings. The maximum atomic E-state index is 13.2. The molecule has 0 unspecified atom stereocenters. The maximum Gasteiger partial charge on any atom is 0.325 e. The monoisotopic (exact) mass is 391 g/mol. The molecule has 0 saturated carbocycles. The Labute approximate surface area is 166 Å². The maximum absolute atomic E-state index is 13.2. The van der Waals surface area contributed by atoms with E-state index in [0.717, 1.165) is 15.7 Å². The summed E-state index contributed by atoms with van der Waals surface area (Å²) in [6, 6.07) is 17.7. The molecule has 3 aromatic carbocycles. The molecule has 1 fully saturated rings. The number of fused-ring (bicyclic) bond motifs is 1. The molecule has 7 heteroatoms. The molecule has 0 aliphatic carbocycles. The van der Waals surface area contributed by atoms with Crippen LogP contribution >= 0.6 is 0 Å². The molecular weight excluding hydrogens is 373 g/mol. The number of urea groups is 1. The first-order valence-corrected chi connectivity index (χ1v) is 9.06. The molecule has 1 aliphatic heterocycles. The molecule has 0 radical (unpaired) electrons. The molecular formula is C22H18FN3O3. The van der Waals surface area contributed by atoms with Gasteiger partial charge in [0.15, 0.2) is 0 Å². The molecule has 1 atom stereocenters. The summed E-state index contributed by atoms with van der Waals surface area (Å²) in [6.07, 6.45) is 0. The van der Waals surface area contributed by atoms with E-state index in [-0.39, 0.29) is 0 Å². The van der Waals surface area contributed by atoms with Gasteiger partial charge < -0.3 is 10.6 Å². The minimum Gasteiger partial charge on any atom is -0.324 e. The normalized spacial score (nSPS) is 18.8. The van der Waals surface area contributed by atoms with Gasteiger partial charge in [0.05, 0.1) is 0 Å². The number of benzene rings is 3. The van der Waals surface area contributed by atoms with Gasteiger partial charge in [-0.2, -0.15) is 0 Å². The standard InChI is InChI=1S/C22H18FN3O3/c1-22(15-9-11-16(23)12-10-15)20(28)26(21(29)25-22)13-19(27)24-18-8-4-6-14-5-2-3-7-17(14)18/h2-12H,13H2,1H3,(H,24,27)(H,25,29)/t22-/m1/s1. The van der Waals surface area contributed by atoms with Crippen LogP contribution < -0.4 is 10.6 Å². The van der Waals surface area contributed by atoms with Crippen LogP contribution in [-0.2, 0) is 15.1 Å². The average molecular weight is 391 g/mol.